The largest absolute Gasteiger partial charge is 0.381 e. The number of carbonyl (C=O) groups excluding carboxylic acids is 1. The molecule has 5 heteroatoms. The van der Waals surface area contributed by atoms with E-state index in [1.165, 1.54) is 0 Å². The van der Waals surface area contributed by atoms with Crippen molar-refractivity contribution in [3.05, 3.63) is 22.8 Å². The standard InChI is InChI=1S/C19H29N3O2/c1-5-12(2)19-20-13(3)17(14(4)21-19)8-18(23)22-9-16(10-22)15-6-7-24-11-15/h12,15-16H,5-11H2,1-4H3. The van der Waals surface area contributed by atoms with Crippen LogP contribution in [0.15, 0.2) is 0 Å². The van der Waals surface area contributed by atoms with Gasteiger partial charge in [-0.25, -0.2) is 9.97 Å². The van der Waals surface area contributed by atoms with Crippen LogP contribution in [0.1, 0.15) is 55.4 Å². The molecule has 0 N–H and O–H groups in total. The van der Waals surface area contributed by atoms with Crippen LogP contribution in [0, 0.1) is 25.7 Å². The molecule has 5 nitrogen and oxygen atoms in total. The Morgan fingerprint density at radius 1 is 1.25 bits per heavy atom. The van der Waals surface area contributed by atoms with Crippen molar-refractivity contribution >= 4 is 5.91 Å². The second kappa shape index (κ2) is 7.18. The van der Waals surface area contributed by atoms with Crippen LogP contribution in [-0.2, 0) is 16.0 Å². The molecule has 0 spiro atoms. The third-order valence-electron chi connectivity index (χ3n) is 5.71. The van der Waals surface area contributed by atoms with Crippen molar-refractivity contribution < 1.29 is 9.53 Å². The van der Waals surface area contributed by atoms with E-state index in [0.29, 0.717) is 24.2 Å². The molecule has 0 aromatic carbocycles. The van der Waals surface area contributed by atoms with Gasteiger partial charge in [0.05, 0.1) is 6.42 Å². The maximum Gasteiger partial charge on any atom is 0.227 e. The maximum absolute atomic E-state index is 12.6. The van der Waals surface area contributed by atoms with Crippen LogP contribution in [0.5, 0.6) is 0 Å². The molecule has 2 atom stereocenters. The molecule has 132 valence electrons. The van der Waals surface area contributed by atoms with Gasteiger partial charge >= 0.3 is 0 Å². The third-order valence-corrected chi connectivity index (χ3v) is 5.71. The van der Waals surface area contributed by atoms with Crippen LogP contribution < -0.4 is 0 Å². The summed E-state index contributed by atoms with van der Waals surface area (Å²) in [6.45, 7) is 11.8. The highest BCUT2D eigenvalue weighted by Crippen LogP contribution is 2.30. The molecule has 0 radical (unpaired) electrons. The average Bonchev–Trinajstić information content (AvgIpc) is 3.02. The summed E-state index contributed by atoms with van der Waals surface area (Å²) >= 11 is 0. The van der Waals surface area contributed by atoms with Crippen LogP contribution in [0.2, 0.25) is 0 Å². The summed E-state index contributed by atoms with van der Waals surface area (Å²) in [4.78, 5) is 23.8. The predicted molar refractivity (Wildman–Crippen MR) is 92.9 cm³/mol. The number of hydrogen-bond acceptors (Lipinski definition) is 4. The van der Waals surface area contributed by atoms with Crippen LogP contribution in [0.3, 0.4) is 0 Å². The molecule has 0 bridgehead atoms. The lowest BCUT2D eigenvalue weighted by Gasteiger charge is -2.42. The number of rotatable bonds is 5. The van der Waals surface area contributed by atoms with Gasteiger partial charge in [0.1, 0.15) is 5.82 Å². The van der Waals surface area contributed by atoms with E-state index in [-0.39, 0.29) is 5.91 Å². The molecule has 1 aromatic heterocycles. The number of nitrogens with zero attached hydrogens (tertiary/aromatic N) is 3. The van der Waals surface area contributed by atoms with Gasteiger partial charge in [0.15, 0.2) is 0 Å². The molecule has 3 rings (SSSR count). The zero-order valence-corrected chi connectivity index (χ0v) is 15.3. The molecule has 0 aliphatic carbocycles. The summed E-state index contributed by atoms with van der Waals surface area (Å²) in [5.41, 5.74) is 2.90. The number of ether oxygens (including phenoxy) is 1. The summed E-state index contributed by atoms with van der Waals surface area (Å²) in [5, 5.41) is 0. The fraction of sp³-hybridized carbons (Fsp3) is 0.737. The smallest absolute Gasteiger partial charge is 0.227 e. The van der Waals surface area contributed by atoms with Crippen LogP contribution in [-0.4, -0.2) is 47.1 Å². The number of amides is 1. The van der Waals surface area contributed by atoms with Crippen LogP contribution in [0.4, 0.5) is 0 Å². The number of carbonyl (C=O) groups is 1. The molecule has 3 heterocycles. The van der Waals surface area contributed by atoms with E-state index in [1.54, 1.807) is 0 Å². The van der Waals surface area contributed by atoms with Crippen LogP contribution >= 0.6 is 0 Å². The van der Waals surface area contributed by atoms with E-state index >= 15 is 0 Å². The molecule has 2 unspecified atom stereocenters. The monoisotopic (exact) mass is 331 g/mol. The van der Waals surface area contributed by atoms with Crippen molar-refractivity contribution in [3.8, 4) is 0 Å². The van der Waals surface area contributed by atoms with E-state index in [4.69, 9.17) is 4.74 Å². The maximum atomic E-state index is 12.6. The third kappa shape index (κ3) is 3.46. The first kappa shape index (κ1) is 17.3. The lowest BCUT2D eigenvalue weighted by Crippen LogP contribution is -2.53. The van der Waals surface area contributed by atoms with Gasteiger partial charge in [-0.15, -0.1) is 0 Å². The Bertz CT molecular complexity index is 582. The van der Waals surface area contributed by atoms with Crippen molar-refractivity contribution in [3.63, 3.8) is 0 Å². The Morgan fingerprint density at radius 3 is 2.46 bits per heavy atom. The Labute approximate surface area is 144 Å². The lowest BCUT2D eigenvalue weighted by atomic mass is 9.85. The number of aromatic nitrogens is 2. The molecular weight excluding hydrogens is 302 g/mol. The van der Waals surface area contributed by atoms with Crippen LogP contribution in [0.25, 0.3) is 0 Å². The second-order valence-electron chi connectivity index (χ2n) is 7.40. The van der Waals surface area contributed by atoms with Crippen molar-refractivity contribution in [2.75, 3.05) is 26.3 Å². The molecular formula is C19H29N3O2. The SMILES string of the molecule is CCC(C)c1nc(C)c(CC(=O)N2CC(C3CCOC3)C2)c(C)n1. The highest BCUT2D eigenvalue weighted by atomic mass is 16.5. The fourth-order valence-corrected chi connectivity index (χ4v) is 3.63. The Balaban J connectivity index is 1.61. The molecule has 0 saturated carbocycles. The Morgan fingerprint density at radius 2 is 1.92 bits per heavy atom. The summed E-state index contributed by atoms with van der Waals surface area (Å²) in [6, 6.07) is 0. The van der Waals surface area contributed by atoms with Gasteiger partial charge in [-0.2, -0.15) is 0 Å². The Hall–Kier alpha value is -1.49. The van der Waals surface area contributed by atoms with Gasteiger partial charge in [-0.05, 0) is 38.5 Å². The highest BCUT2D eigenvalue weighted by molar-refractivity contribution is 5.80. The van der Waals surface area contributed by atoms with Crippen molar-refractivity contribution in [1.29, 1.82) is 0 Å². The zero-order chi connectivity index (χ0) is 17.3. The van der Waals surface area contributed by atoms with Crippen molar-refractivity contribution in [2.24, 2.45) is 11.8 Å². The molecule has 2 fully saturated rings. The van der Waals surface area contributed by atoms with E-state index in [0.717, 1.165) is 61.9 Å². The van der Waals surface area contributed by atoms with E-state index in [9.17, 15) is 4.79 Å². The molecule has 24 heavy (non-hydrogen) atoms. The summed E-state index contributed by atoms with van der Waals surface area (Å²) in [7, 11) is 0. The number of aryl methyl sites for hydroxylation is 2. The molecule has 2 saturated heterocycles. The summed E-state index contributed by atoms with van der Waals surface area (Å²) < 4.78 is 5.46. The van der Waals surface area contributed by atoms with Gasteiger partial charge in [0.25, 0.3) is 0 Å². The molecule has 1 aromatic rings. The van der Waals surface area contributed by atoms with Crippen molar-refractivity contribution in [1.82, 2.24) is 14.9 Å². The van der Waals surface area contributed by atoms with E-state index in [2.05, 4.69) is 23.8 Å². The molecule has 2 aliphatic heterocycles. The van der Waals surface area contributed by atoms with E-state index < -0.39 is 0 Å². The fourth-order valence-electron chi connectivity index (χ4n) is 3.63. The highest BCUT2D eigenvalue weighted by Gasteiger charge is 2.37. The predicted octanol–water partition coefficient (Wildman–Crippen LogP) is 2.64. The van der Waals surface area contributed by atoms with Gasteiger partial charge in [0, 0.05) is 49.2 Å². The van der Waals surface area contributed by atoms with Gasteiger partial charge in [-0.3, -0.25) is 4.79 Å². The first-order chi connectivity index (χ1) is 11.5. The number of likely N-dealkylation sites (tertiary alicyclic amines) is 1. The minimum absolute atomic E-state index is 0.205. The lowest BCUT2D eigenvalue weighted by molar-refractivity contribution is -0.138. The average molecular weight is 331 g/mol. The van der Waals surface area contributed by atoms with Crippen molar-refractivity contribution in [2.45, 2.75) is 52.9 Å². The first-order valence-electron chi connectivity index (χ1n) is 9.19. The summed E-state index contributed by atoms with van der Waals surface area (Å²) in [5.74, 6) is 2.74. The minimum atomic E-state index is 0.205. The molecule has 1 amide bonds. The number of hydrogen-bond donors (Lipinski definition) is 0. The second-order valence-corrected chi connectivity index (χ2v) is 7.40. The molecule has 2 aliphatic rings. The topological polar surface area (TPSA) is 55.3 Å². The van der Waals surface area contributed by atoms with Gasteiger partial charge in [0.2, 0.25) is 5.91 Å². The quantitative estimate of drug-likeness (QED) is 0.832. The van der Waals surface area contributed by atoms with Gasteiger partial charge in [-0.1, -0.05) is 13.8 Å². The Kier molecular flexibility index (Phi) is 5.18. The zero-order valence-electron chi connectivity index (χ0n) is 15.3. The summed E-state index contributed by atoms with van der Waals surface area (Å²) in [6.07, 6.45) is 2.60. The van der Waals surface area contributed by atoms with Gasteiger partial charge < -0.3 is 9.64 Å². The minimum Gasteiger partial charge on any atom is -0.381 e. The normalized spacial score (nSPS) is 22.5. The van der Waals surface area contributed by atoms with E-state index in [1.807, 2.05) is 18.7 Å². The first-order valence-corrected chi connectivity index (χ1v) is 9.19.